The number of hydrogen-bond acceptors (Lipinski definition) is 2. The van der Waals surface area contributed by atoms with Crippen molar-refractivity contribution in [1.29, 1.82) is 0 Å². The summed E-state index contributed by atoms with van der Waals surface area (Å²) in [5.74, 6) is 0.424. The van der Waals surface area contributed by atoms with Gasteiger partial charge in [0, 0.05) is 12.6 Å². The summed E-state index contributed by atoms with van der Waals surface area (Å²) in [7, 11) is 0. The van der Waals surface area contributed by atoms with Gasteiger partial charge in [0.1, 0.15) is 5.82 Å². The van der Waals surface area contributed by atoms with Crippen molar-refractivity contribution in [3.63, 3.8) is 0 Å². The van der Waals surface area contributed by atoms with Crippen molar-refractivity contribution in [1.82, 2.24) is 9.78 Å². The molecule has 1 N–H and O–H groups in total. The highest BCUT2D eigenvalue weighted by atomic mass is 19.4. The van der Waals surface area contributed by atoms with Crippen LogP contribution in [-0.2, 0) is 6.18 Å². The van der Waals surface area contributed by atoms with Gasteiger partial charge in [0.25, 0.3) is 0 Å². The summed E-state index contributed by atoms with van der Waals surface area (Å²) in [6.45, 7) is 0.641. The monoisotopic (exact) mass is 267 g/mol. The van der Waals surface area contributed by atoms with Crippen molar-refractivity contribution in [2.24, 2.45) is 0 Å². The summed E-state index contributed by atoms with van der Waals surface area (Å²) in [4.78, 5) is 0. The Balaban J connectivity index is 2.03. The zero-order chi connectivity index (χ0) is 13.5. The third kappa shape index (κ3) is 2.18. The Kier molecular flexibility index (Phi) is 2.73. The zero-order valence-electron chi connectivity index (χ0n) is 9.98. The third-order valence-corrected chi connectivity index (χ3v) is 3.23. The molecule has 3 nitrogen and oxygen atoms in total. The molecule has 0 spiro atoms. The largest absolute Gasteiger partial charge is 0.435 e. The molecule has 1 aromatic carbocycles. The van der Waals surface area contributed by atoms with Gasteiger partial charge in [-0.1, -0.05) is 30.3 Å². The smallest absolute Gasteiger partial charge is 0.370 e. The number of anilines is 1. The normalized spacial score (nSPS) is 18.8. The van der Waals surface area contributed by atoms with Gasteiger partial charge in [-0.25, -0.2) is 4.68 Å². The quantitative estimate of drug-likeness (QED) is 0.859. The van der Waals surface area contributed by atoms with E-state index in [1.165, 1.54) is 4.68 Å². The van der Waals surface area contributed by atoms with Crippen molar-refractivity contribution in [2.75, 3.05) is 11.9 Å². The van der Waals surface area contributed by atoms with Gasteiger partial charge in [-0.05, 0) is 12.0 Å². The molecule has 2 heterocycles. The molecule has 1 unspecified atom stereocenters. The molecule has 6 heteroatoms. The molecule has 19 heavy (non-hydrogen) atoms. The average molecular weight is 267 g/mol. The summed E-state index contributed by atoms with van der Waals surface area (Å²) in [5, 5.41) is 6.66. The summed E-state index contributed by atoms with van der Waals surface area (Å²) in [6, 6.07) is 10.4. The van der Waals surface area contributed by atoms with E-state index in [1.807, 2.05) is 30.3 Å². The number of nitrogens with zero attached hydrogens (tertiary/aromatic N) is 2. The molecule has 2 aromatic rings. The third-order valence-electron chi connectivity index (χ3n) is 3.23. The number of rotatable bonds is 1. The minimum atomic E-state index is -4.41. The van der Waals surface area contributed by atoms with Crippen molar-refractivity contribution in [2.45, 2.75) is 18.6 Å². The minimum absolute atomic E-state index is 0.145. The van der Waals surface area contributed by atoms with Gasteiger partial charge in [-0.15, -0.1) is 0 Å². The number of alkyl halides is 3. The van der Waals surface area contributed by atoms with Crippen molar-refractivity contribution >= 4 is 5.82 Å². The fourth-order valence-electron chi connectivity index (χ4n) is 2.34. The van der Waals surface area contributed by atoms with Gasteiger partial charge < -0.3 is 5.32 Å². The molecule has 0 saturated heterocycles. The van der Waals surface area contributed by atoms with Crippen LogP contribution in [0.25, 0.3) is 0 Å². The lowest BCUT2D eigenvalue weighted by molar-refractivity contribution is -0.141. The molecule has 1 atom stereocenters. The molecule has 3 rings (SSSR count). The zero-order valence-corrected chi connectivity index (χ0v) is 9.98. The molecule has 0 saturated carbocycles. The second kappa shape index (κ2) is 4.29. The first-order valence-electron chi connectivity index (χ1n) is 6.01. The molecule has 0 amide bonds. The van der Waals surface area contributed by atoms with Crippen molar-refractivity contribution in [3.8, 4) is 0 Å². The Bertz CT molecular complexity index is 575. The second-order valence-corrected chi connectivity index (χ2v) is 4.50. The van der Waals surface area contributed by atoms with Gasteiger partial charge in [0.2, 0.25) is 0 Å². The van der Waals surface area contributed by atoms with Gasteiger partial charge in [0.15, 0.2) is 5.69 Å². The van der Waals surface area contributed by atoms with Gasteiger partial charge in [-0.2, -0.15) is 18.3 Å². The number of aromatic nitrogens is 2. The molecule has 0 radical (unpaired) electrons. The molecular weight excluding hydrogens is 255 g/mol. The van der Waals surface area contributed by atoms with Crippen LogP contribution in [0.2, 0.25) is 0 Å². The first-order chi connectivity index (χ1) is 9.05. The molecule has 0 bridgehead atoms. The minimum Gasteiger partial charge on any atom is -0.370 e. The highest BCUT2D eigenvalue weighted by molar-refractivity contribution is 5.42. The summed E-state index contributed by atoms with van der Waals surface area (Å²) >= 11 is 0. The summed E-state index contributed by atoms with van der Waals surface area (Å²) < 4.78 is 39.5. The fraction of sp³-hybridized carbons (Fsp3) is 0.308. The topological polar surface area (TPSA) is 29.9 Å². The van der Waals surface area contributed by atoms with Crippen molar-refractivity contribution < 1.29 is 13.2 Å². The molecule has 100 valence electrons. The first kappa shape index (κ1) is 12.1. The van der Waals surface area contributed by atoms with E-state index in [-0.39, 0.29) is 6.04 Å². The van der Waals surface area contributed by atoms with Crippen LogP contribution < -0.4 is 5.32 Å². The maximum absolute atomic E-state index is 12.7. The molecule has 1 aliphatic rings. The fourth-order valence-corrected chi connectivity index (χ4v) is 2.34. The van der Waals surface area contributed by atoms with E-state index in [2.05, 4.69) is 10.4 Å². The predicted molar refractivity (Wildman–Crippen MR) is 64.9 cm³/mol. The van der Waals surface area contributed by atoms with E-state index in [0.29, 0.717) is 12.4 Å². The van der Waals surface area contributed by atoms with E-state index in [1.54, 1.807) is 0 Å². The van der Waals surface area contributed by atoms with E-state index in [4.69, 9.17) is 0 Å². The van der Waals surface area contributed by atoms with E-state index in [9.17, 15) is 13.2 Å². The number of nitrogens with one attached hydrogen (secondary N) is 1. The Morgan fingerprint density at radius 3 is 2.63 bits per heavy atom. The number of fused-ring (bicyclic) bond motifs is 1. The van der Waals surface area contributed by atoms with Gasteiger partial charge in [-0.3, -0.25) is 0 Å². The molecule has 1 aromatic heterocycles. The standard InChI is InChI=1S/C13H12F3N3/c14-13(15,16)11-8-12-17-7-6-10(19(12)18-11)9-4-2-1-3-5-9/h1-5,8,10,17H,6-7H2. The molecular formula is C13H12F3N3. The van der Waals surface area contributed by atoms with Crippen LogP contribution in [0, 0.1) is 0 Å². The molecule has 0 aliphatic carbocycles. The second-order valence-electron chi connectivity index (χ2n) is 4.50. The van der Waals surface area contributed by atoms with Crippen LogP contribution in [0.15, 0.2) is 36.4 Å². The highest BCUT2D eigenvalue weighted by Crippen LogP contribution is 2.35. The van der Waals surface area contributed by atoms with Crippen LogP contribution in [0.5, 0.6) is 0 Å². The van der Waals surface area contributed by atoms with Crippen LogP contribution >= 0.6 is 0 Å². The molecule has 1 aliphatic heterocycles. The van der Waals surface area contributed by atoms with Crippen LogP contribution in [-0.4, -0.2) is 16.3 Å². The van der Waals surface area contributed by atoms with Crippen LogP contribution in [0.4, 0.5) is 19.0 Å². The lowest BCUT2D eigenvalue weighted by Gasteiger charge is -2.25. The summed E-state index contributed by atoms with van der Waals surface area (Å²) in [6.07, 6.45) is -3.69. The Morgan fingerprint density at radius 1 is 1.21 bits per heavy atom. The Labute approximate surface area is 108 Å². The first-order valence-corrected chi connectivity index (χ1v) is 6.01. The van der Waals surface area contributed by atoms with Crippen LogP contribution in [0.1, 0.15) is 23.7 Å². The summed E-state index contributed by atoms with van der Waals surface area (Å²) in [5.41, 5.74) is 0.125. The lowest BCUT2D eigenvalue weighted by Crippen LogP contribution is -2.24. The van der Waals surface area contributed by atoms with Gasteiger partial charge in [0.05, 0.1) is 6.04 Å². The lowest BCUT2D eigenvalue weighted by atomic mass is 10.0. The van der Waals surface area contributed by atoms with Crippen LogP contribution in [0.3, 0.4) is 0 Å². The SMILES string of the molecule is FC(F)(F)c1cc2n(n1)C(c1ccccc1)CCN2. The highest BCUT2D eigenvalue weighted by Gasteiger charge is 2.36. The van der Waals surface area contributed by atoms with E-state index < -0.39 is 11.9 Å². The maximum atomic E-state index is 12.7. The average Bonchev–Trinajstić information content (AvgIpc) is 2.83. The Hall–Kier alpha value is -1.98. The van der Waals surface area contributed by atoms with Crippen molar-refractivity contribution in [3.05, 3.63) is 47.7 Å². The van der Waals surface area contributed by atoms with E-state index >= 15 is 0 Å². The Morgan fingerprint density at radius 2 is 1.95 bits per heavy atom. The number of halogens is 3. The molecule has 0 fully saturated rings. The number of benzene rings is 1. The predicted octanol–water partition coefficient (Wildman–Crippen LogP) is 3.31. The van der Waals surface area contributed by atoms with Gasteiger partial charge >= 0.3 is 6.18 Å². The maximum Gasteiger partial charge on any atom is 0.435 e. The van der Waals surface area contributed by atoms with E-state index in [0.717, 1.165) is 18.1 Å². The number of hydrogen-bond donors (Lipinski definition) is 1.